The maximum atomic E-state index is 12.6. The largest absolute Gasteiger partial charge is 0.472 e. The van der Waals surface area contributed by atoms with Gasteiger partial charge in [0, 0.05) is 30.8 Å². The van der Waals surface area contributed by atoms with Crippen molar-refractivity contribution < 1.29 is 52.5 Å². The molecule has 19 nitrogen and oxygen atoms in total. The van der Waals surface area contributed by atoms with Crippen LogP contribution in [0.3, 0.4) is 0 Å². The Labute approximate surface area is 223 Å². The quantitative estimate of drug-likeness (QED) is 0.144. The number of nitrogens with zero attached hydrogens (tertiary/aromatic N) is 3. The highest BCUT2D eigenvalue weighted by atomic mass is 31.2. The molecule has 0 bridgehead atoms. The molecule has 4 rings (SSSR count). The summed E-state index contributed by atoms with van der Waals surface area (Å²) in [6, 6.07) is 1.09. The summed E-state index contributed by atoms with van der Waals surface area (Å²) in [5.41, 5.74) is -2.08. The number of H-pyrrole nitrogens is 1. The molecule has 40 heavy (non-hydrogen) atoms. The number of aliphatic hydroxyl groups excluding tert-OH is 2. The fraction of sp³-hybridized carbons (Fsp3) is 0.579. The minimum atomic E-state index is -4.85. The summed E-state index contributed by atoms with van der Waals surface area (Å²) in [6.07, 6.45) is -4.76. The van der Waals surface area contributed by atoms with Gasteiger partial charge in [0.1, 0.15) is 36.6 Å². The zero-order valence-corrected chi connectivity index (χ0v) is 22.5. The first kappa shape index (κ1) is 30.4. The molecule has 0 aromatic carbocycles. The van der Waals surface area contributed by atoms with E-state index < -0.39 is 88.4 Å². The molecule has 0 amide bonds. The smallest absolute Gasteiger partial charge is 0.394 e. The molecule has 2 saturated heterocycles. The number of hydrogen-bond donors (Lipinski definition) is 7. The zero-order chi connectivity index (χ0) is 29.4. The zero-order valence-electron chi connectivity index (χ0n) is 20.7. The van der Waals surface area contributed by atoms with Crippen LogP contribution >= 0.6 is 15.6 Å². The van der Waals surface area contributed by atoms with Crippen LogP contribution in [-0.2, 0) is 27.7 Å². The first-order valence-electron chi connectivity index (χ1n) is 11.7. The topological polar surface area (TPSA) is 274 Å². The monoisotopic (exact) mass is 611 g/mol. The molecule has 0 saturated carbocycles. The molecule has 2 aliphatic heterocycles. The summed E-state index contributed by atoms with van der Waals surface area (Å²) in [5, 5.41) is 21.7. The van der Waals surface area contributed by atoms with Gasteiger partial charge in [0.25, 0.3) is 5.56 Å². The van der Waals surface area contributed by atoms with Gasteiger partial charge in [-0.15, -0.1) is 0 Å². The second-order valence-corrected chi connectivity index (χ2v) is 11.7. The summed E-state index contributed by atoms with van der Waals surface area (Å²) in [7, 11) is -9.56. The van der Waals surface area contributed by atoms with Crippen LogP contribution in [0.25, 0.3) is 0 Å². The predicted molar refractivity (Wildman–Crippen MR) is 131 cm³/mol. The average Bonchev–Trinajstić information content (AvgIpc) is 3.41. The maximum Gasteiger partial charge on any atom is 0.472 e. The molecule has 7 atom stereocenters. The van der Waals surface area contributed by atoms with Crippen LogP contribution < -0.4 is 22.0 Å². The third-order valence-electron chi connectivity index (χ3n) is 6.09. The van der Waals surface area contributed by atoms with Crippen LogP contribution in [0.2, 0.25) is 0 Å². The molecule has 222 valence electrons. The number of phosphoric ester groups is 1. The van der Waals surface area contributed by atoms with E-state index >= 15 is 0 Å². The van der Waals surface area contributed by atoms with Gasteiger partial charge >= 0.3 is 26.9 Å². The van der Waals surface area contributed by atoms with Crippen molar-refractivity contribution in [3.8, 4) is 0 Å². The lowest BCUT2D eigenvalue weighted by molar-refractivity contribution is -0.0575. The Hall–Kier alpha value is -2.54. The van der Waals surface area contributed by atoms with Gasteiger partial charge in [0.05, 0.1) is 19.3 Å². The lowest BCUT2D eigenvalue weighted by Crippen LogP contribution is -2.33. The van der Waals surface area contributed by atoms with Gasteiger partial charge in [-0.3, -0.25) is 33.0 Å². The van der Waals surface area contributed by atoms with Crippen molar-refractivity contribution in [2.45, 2.75) is 56.6 Å². The fourth-order valence-corrected chi connectivity index (χ4v) is 5.58. The van der Waals surface area contributed by atoms with E-state index in [1.54, 1.807) is 5.09 Å². The number of nitrogens with one attached hydrogen (secondary N) is 2. The minimum absolute atomic E-state index is 0.0774. The van der Waals surface area contributed by atoms with Gasteiger partial charge in [0.15, 0.2) is 0 Å². The van der Waals surface area contributed by atoms with Gasteiger partial charge in [-0.1, -0.05) is 0 Å². The number of anilines is 1. The molecule has 1 unspecified atom stereocenters. The molecule has 2 aliphatic rings. The van der Waals surface area contributed by atoms with E-state index in [1.165, 1.54) is 13.1 Å². The normalized spacial score (nSPS) is 28.4. The number of rotatable bonds is 10. The molecular weight excluding hydrogens is 584 g/mol. The summed E-state index contributed by atoms with van der Waals surface area (Å²) in [5.74, 6) is -0.397. The van der Waals surface area contributed by atoms with Crippen LogP contribution in [0.4, 0.5) is 5.82 Å². The highest BCUT2D eigenvalue weighted by Crippen LogP contribution is 2.49. The average molecular weight is 611 g/mol. The van der Waals surface area contributed by atoms with Crippen LogP contribution in [0.15, 0.2) is 32.8 Å². The molecule has 7 N–H and O–H groups in total. The van der Waals surface area contributed by atoms with Crippen molar-refractivity contribution in [3.63, 3.8) is 0 Å². The SMILES string of the molecule is Cc1cn([C@H]2C[C@H](O)[C@@H](COP(=O)(O)O[C@H]3C[C@H](n4ccc(NP(=O)(O)O)nc4=O)O[C@@H]3CO)O2)c(=O)[nH]c1=O. The van der Waals surface area contributed by atoms with Crippen molar-refractivity contribution in [2.24, 2.45) is 0 Å². The van der Waals surface area contributed by atoms with Crippen LogP contribution in [0.1, 0.15) is 30.9 Å². The van der Waals surface area contributed by atoms with Gasteiger partial charge < -0.3 is 34.4 Å². The number of hydrogen-bond acceptors (Lipinski definition) is 12. The van der Waals surface area contributed by atoms with E-state index in [2.05, 4.69) is 9.97 Å². The van der Waals surface area contributed by atoms with Crippen molar-refractivity contribution in [3.05, 3.63) is 55.3 Å². The lowest BCUT2D eigenvalue weighted by atomic mass is 10.2. The van der Waals surface area contributed by atoms with E-state index in [9.17, 15) is 38.6 Å². The molecule has 0 aliphatic carbocycles. The third-order valence-corrected chi connectivity index (χ3v) is 7.62. The van der Waals surface area contributed by atoms with E-state index in [0.29, 0.717) is 0 Å². The number of ether oxygens (including phenoxy) is 2. The lowest BCUT2D eigenvalue weighted by Gasteiger charge is -2.22. The van der Waals surface area contributed by atoms with Gasteiger partial charge in [0.2, 0.25) is 0 Å². The maximum absolute atomic E-state index is 12.6. The number of aryl methyl sites for hydroxylation is 1. The van der Waals surface area contributed by atoms with Gasteiger partial charge in [-0.25, -0.2) is 18.7 Å². The molecule has 0 radical (unpaired) electrons. The highest BCUT2D eigenvalue weighted by molar-refractivity contribution is 7.53. The Morgan fingerprint density at radius 1 is 1.12 bits per heavy atom. The van der Waals surface area contributed by atoms with E-state index in [4.69, 9.17) is 28.3 Å². The van der Waals surface area contributed by atoms with Crippen LogP contribution in [0.5, 0.6) is 0 Å². The Balaban J connectivity index is 1.37. The highest BCUT2D eigenvalue weighted by Gasteiger charge is 2.43. The van der Waals surface area contributed by atoms with E-state index in [-0.39, 0.29) is 18.4 Å². The number of aliphatic hydroxyl groups is 2. The molecule has 2 fully saturated rings. The number of phosphoric acid groups is 1. The van der Waals surface area contributed by atoms with Crippen molar-refractivity contribution >= 4 is 21.4 Å². The molecule has 2 aromatic rings. The molecule has 0 spiro atoms. The minimum Gasteiger partial charge on any atom is -0.394 e. The second kappa shape index (κ2) is 11.8. The second-order valence-electron chi connectivity index (χ2n) is 9.02. The van der Waals surface area contributed by atoms with Crippen LogP contribution in [0, 0.1) is 6.92 Å². The Morgan fingerprint density at radius 2 is 1.80 bits per heavy atom. The first-order valence-corrected chi connectivity index (χ1v) is 14.8. The standard InChI is InChI=1S/C19H27N5O14P2/c1-9-6-24(19(29)21-17(9)27)15-4-10(26)13(37-15)8-35-40(33,34)38-11-5-16(36-12(11)7-25)23-3-2-14(20-18(23)28)22-39(30,31)32/h2-3,6,10-13,15-16,25-26H,4-5,7-8H2,1H3,(H,33,34)(H,21,27,29)(H3,20,22,28,30,31,32)/t10-,11-,12+,13+,15+,16+/m0/s1. The van der Waals surface area contributed by atoms with Gasteiger partial charge in [-0.05, 0) is 13.0 Å². The molecule has 2 aromatic heterocycles. The molecule has 4 heterocycles. The predicted octanol–water partition coefficient (Wildman–Crippen LogP) is -1.96. The first-order chi connectivity index (χ1) is 18.7. The number of aromatic amines is 1. The summed E-state index contributed by atoms with van der Waals surface area (Å²) in [4.78, 5) is 69.8. The third kappa shape index (κ3) is 7.20. The van der Waals surface area contributed by atoms with E-state index in [1.807, 2.05) is 0 Å². The molecular formula is C19H27N5O14P2. The van der Waals surface area contributed by atoms with Crippen molar-refractivity contribution in [2.75, 3.05) is 18.3 Å². The molecule has 21 heteroatoms. The summed E-state index contributed by atoms with van der Waals surface area (Å²) >= 11 is 0. The van der Waals surface area contributed by atoms with Crippen LogP contribution in [-0.4, -0.2) is 81.6 Å². The fourth-order valence-electron chi connectivity index (χ4n) is 4.19. The van der Waals surface area contributed by atoms with Crippen molar-refractivity contribution in [1.82, 2.24) is 19.1 Å². The van der Waals surface area contributed by atoms with Crippen molar-refractivity contribution in [1.29, 1.82) is 0 Å². The van der Waals surface area contributed by atoms with E-state index in [0.717, 1.165) is 21.4 Å². The summed E-state index contributed by atoms with van der Waals surface area (Å²) in [6.45, 7) is 0.185. The Kier molecular flexibility index (Phi) is 8.94. The summed E-state index contributed by atoms with van der Waals surface area (Å²) < 4.78 is 46.9. The van der Waals surface area contributed by atoms with Gasteiger partial charge in [-0.2, -0.15) is 4.98 Å². The number of aromatic nitrogens is 4. The Morgan fingerprint density at radius 3 is 2.45 bits per heavy atom. The Bertz CT molecular complexity index is 1500.